The van der Waals surface area contributed by atoms with Crippen LogP contribution in [0.15, 0.2) is 29.2 Å². The molecule has 4 heteroatoms. The van der Waals surface area contributed by atoms with Gasteiger partial charge in [-0.15, -0.1) is 11.8 Å². The Kier molecular flexibility index (Phi) is 3.74. The van der Waals surface area contributed by atoms with Gasteiger partial charge in [0.15, 0.2) is 0 Å². The van der Waals surface area contributed by atoms with Gasteiger partial charge in [0, 0.05) is 36.2 Å². The molecule has 3 aliphatic heterocycles. The number of thioether (sulfide) groups is 1. The van der Waals surface area contributed by atoms with E-state index < -0.39 is 0 Å². The first-order valence-electron chi connectivity index (χ1n) is 7.89. The normalized spacial score (nSPS) is 36.8. The smallest absolute Gasteiger partial charge is 0.0940 e. The molecule has 1 spiro atoms. The van der Waals surface area contributed by atoms with Crippen LogP contribution in [0.25, 0.3) is 0 Å². The van der Waals surface area contributed by atoms with E-state index in [4.69, 9.17) is 9.47 Å². The molecule has 21 heavy (non-hydrogen) atoms. The van der Waals surface area contributed by atoms with Crippen molar-refractivity contribution in [3.63, 3.8) is 0 Å². The third-order valence-electron chi connectivity index (χ3n) is 5.23. The molecule has 1 aromatic carbocycles. The van der Waals surface area contributed by atoms with Crippen LogP contribution >= 0.6 is 11.8 Å². The Bertz CT molecular complexity index is 513. The highest BCUT2D eigenvalue weighted by atomic mass is 32.2. The fraction of sp³-hybridized carbons (Fsp3) is 0.647. The number of aliphatic hydroxyl groups excluding tert-OH is 1. The van der Waals surface area contributed by atoms with Crippen molar-refractivity contribution in [3.05, 3.63) is 29.8 Å². The fourth-order valence-electron chi connectivity index (χ4n) is 4.02. The Balaban J connectivity index is 1.51. The Morgan fingerprint density at radius 3 is 3.05 bits per heavy atom. The molecule has 0 amide bonds. The number of aliphatic hydroxyl groups is 1. The summed E-state index contributed by atoms with van der Waals surface area (Å²) in [6, 6.07) is 8.51. The highest BCUT2D eigenvalue weighted by Crippen LogP contribution is 2.46. The van der Waals surface area contributed by atoms with Gasteiger partial charge in [0.05, 0.1) is 18.3 Å². The Morgan fingerprint density at radius 2 is 2.19 bits per heavy atom. The molecule has 0 aromatic heterocycles. The highest BCUT2D eigenvalue weighted by molar-refractivity contribution is 7.99. The van der Waals surface area contributed by atoms with E-state index in [0.717, 1.165) is 38.2 Å². The summed E-state index contributed by atoms with van der Waals surface area (Å²) in [4.78, 5) is 1.34. The van der Waals surface area contributed by atoms with Gasteiger partial charge in [-0.3, -0.25) is 0 Å². The van der Waals surface area contributed by atoms with E-state index in [1.54, 1.807) is 0 Å². The summed E-state index contributed by atoms with van der Waals surface area (Å²) in [5.74, 6) is 1.60. The van der Waals surface area contributed by atoms with Crippen LogP contribution in [0.1, 0.15) is 30.7 Å². The molecular weight excluding hydrogens is 284 g/mol. The van der Waals surface area contributed by atoms with Crippen molar-refractivity contribution < 1.29 is 14.6 Å². The number of benzene rings is 1. The Morgan fingerprint density at radius 1 is 1.29 bits per heavy atom. The lowest BCUT2D eigenvalue weighted by atomic mass is 9.77. The van der Waals surface area contributed by atoms with Gasteiger partial charge >= 0.3 is 0 Å². The van der Waals surface area contributed by atoms with Gasteiger partial charge in [-0.25, -0.2) is 0 Å². The molecule has 2 fully saturated rings. The lowest BCUT2D eigenvalue weighted by molar-refractivity contribution is -0.118. The van der Waals surface area contributed by atoms with Crippen LogP contribution in [0.4, 0.5) is 0 Å². The first-order chi connectivity index (χ1) is 10.3. The van der Waals surface area contributed by atoms with Gasteiger partial charge in [-0.1, -0.05) is 18.2 Å². The lowest BCUT2D eigenvalue weighted by Crippen LogP contribution is -2.44. The van der Waals surface area contributed by atoms with Crippen LogP contribution in [-0.2, 0) is 9.47 Å². The zero-order valence-electron chi connectivity index (χ0n) is 12.2. The fourth-order valence-corrected chi connectivity index (χ4v) is 5.32. The summed E-state index contributed by atoms with van der Waals surface area (Å²) >= 11 is 1.88. The molecule has 0 bridgehead atoms. The average molecular weight is 306 g/mol. The molecule has 0 radical (unpaired) electrons. The Hall–Kier alpha value is -0.550. The second-order valence-electron chi connectivity index (χ2n) is 6.53. The molecule has 3 nitrogen and oxygen atoms in total. The van der Waals surface area contributed by atoms with E-state index in [2.05, 4.69) is 24.3 Å². The summed E-state index contributed by atoms with van der Waals surface area (Å²) in [6.45, 7) is 2.25. The van der Waals surface area contributed by atoms with E-state index >= 15 is 0 Å². The lowest BCUT2D eigenvalue weighted by Gasteiger charge is -2.40. The monoisotopic (exact) mass is 306 g/mol. The standard InChI is InChI=1S/C17H22O3S/c18-16(14-10-21-15-4-2-1-3-13(14)15)12-5-7-20-17(9-12)6-8-19-11-17/h1-4,12,14,16,18H,5-11H2. The number of hydrogen-bond donors (Lipinski definition) is 1. The zero-order valence-corrected chi connectivity index (χ0v) is 13.0. The topological polar surface area (TPSA) is 38.7 Å². The molecule has 0 aliphatic carbocycles. The van der Waals surface area contributed by atoms with Gasteiger partial charge < -0.3 is 14.6 Å². The second kappa shape index (κ2) is 5.58. The maximum atomic E-state index is 11.0. The molecule has 2 saturated heterocycles. The van der Waals surface area contributed by atoms with Crippen LogP contribution in [-0.4, -0.2) is 42.4 Å². The average Bonchev–Trinajstić information content (AvgIpc) is 3.14. The summed E-state index contributed by atoms with van der Waals surface area (Å²) in [6.07, 6.45) is 2.62. The molecular formula is C17H22O3S. The van der Waals surface area contributed by atoms with E-state index in [1.807, 2.05) is 11.8 Å². The maximum absolute atomic E-state index is 11.0. The van der Waals surface area contributed by atoms with Crippen molar-refractivity contribution in [2.24, 2.45) is 5.92 Å². The minimum atomic E-state index is -0.262. The number of fused-ring (bicyclic) bond motifs is 1. The van der Waals surface area contributed by atoms with Crippen LogP contribution in [0.3, 0.4) is 0 Å². The molecule has 4 unspecified atom stereocenters. The summed E-state index contributed by atoms with van der Waals surface area (Å²) in [7, 11) is 0. The van der Waals surface area contributed by atoms with E-state index in [1.165, 1.54) is 10.5 Å². The minimum Gasteiger partial charge on any atom is -0.392 e. The first-order valence-corrected chi connectivity index (χ1v) is 8.87. The van der Waals surface area contributed by atoms with E-state index in [9.17, 15) is 5.11 Å². The summed E-state index contributed by atoms with van der Waals surface area (Å²) in [5, 5.41) is 11.0. The van der Waals surface area contributed by atoms with Crippen LogP contribution in [0, 0.1) is 5.92 Å². The second-order valence-corrected chi connectivity index (χ2v) is 7.59. The van der Waals surface area contributed by atoms with Crippen molar-refractivity contribution in [3.8, 4) is 0 Å². The molecule has 0 saturated carbocycles. The largest absolute Gasteiger partial charge is 0.392 e. The van der Waals surface area contributed by atoms with Crippen LogP contribution in [0.2, 0.25) is 0 Å². The molecule has 114 valence electrons. The molecule has 1 N–H and O–H groups in total. The molecule has 3 heterocycles. The van der Waals surface area contributed by atoms with Gasteiger partial charge in [0.1, 0.15) is 0 Å². The first kappa shape index (κ1) is 14.1. The molecule has 1 aromatic rings. The highest BCUT2D eigenvalue weighted by Gasteiger charge is 2.45. The predicted octanol–water partition coefficient (Wildman–Crippen LogP) is 2.82. The van der Waals surface area contributed by atoms with Gasteiger partial charge in [0.25, 0.3) is 0 Å². The minimum absolute atomic E-state index is 0.116. The van der Waals surface area contributed by atoms with Crippen LogP contribution < -0.4 is 0 Å². The van der Waals surface area contributed by atoms with Crippen molar-refractivity contribution in [1.29, 1.82) is 0 Å². The van der Waals surface area contributed by atoms with Crippen molar-refractivity contribution in [1.82, 2.24) is 0 Å². The van der Waals surface area contributed by atoms with Crippen molar-refractivity contribution >= 4 is 11.8 Å². The molecule has 3 aliphatic rings. The van der Waals surface area contributed by atoms with Crippen molar-refractivity contribution in [2.75, 3.05) is 25.6 Å². The SMILES string of the molecule is OC(C1CCOC2(CCOC2)C1)C1CSc2ccccc21. The third kappa shape index (κ3) is 2.52. The van der Waals surface area contributed by atoms with Gasteiger partial charge in [-0.2, -0.15) is 0 Å². The number of rotatable bonds is 2. The van der Waals surface area contributed by atoms with E-state index in [-0.39, 0.29) is 17.6 Å². The van der Waals surface area contributed by atoms with Crippen LogP contribution in [0.5, 0.6) is 0 Å². The quantitative estimate of drug-likeness (QED) is 0.912. The van der Waals surface area contributed by atoms with Gasteiger partial charge in [-0.05, 0) is 30.4 Å². The molecule has 4 atom stereocenters. The van der Waals surface area contributed by atoms with Gasteiger partial charge in [0.2, 0.25) is 0 Å². The Labute approximate surface area is 130 Å². The number of ether oxygens (including phenoxy) is 2. The summed E-state index contributed by atoms with van der Waals surface area (Å²) < 4.78 is 11.5. The third-order valence-corrected chi connectivity index (χ3v) is 6.44. The van der Waals surface area contributed by atoms with E-state index in [0.29, 0.717) is 12.5 Å². The summed E-state index contributed by atoms with van der Waals surface area (Å²) in [5.41, 5.74) is 1.22. The zero-order chi connectivity index (χ0) is 14.3. The number of hydrogen-bond acceptors (Lipinski definition) is 4. The maximum Gasteiger partial charge on any atom is 0.0940 e. The molecule has 4 rings (SSSR count). The predicted molar refractivity (Wildman–Crippen MR) is 82.8 cm³/mol. The van der Waals surface area contributed by atoms with Crippen molar-refractivity contribution in [2.45, 2.75) is 41.8 Å².